The first-order valence-electron chi connectivity index (χ1n) is 10.8. The number of ether oxygens (including phenoxy) is 2. The van der Waals surface area contributed by atoms with E-state index in [-0.39, 0.29) is 36.8 Å². The highest BCUT2D eigenvalue weighted by molar-refractivity contribution is 7.89. The fraction of sp³-hybridized carbons (Fsp3) is 0.455. The number of fused-ring (bicyclic) bond motifs is 1. The predicted molar refractivity (Wildman–Crippen MR) is 129 cm³/mol. The maximum atomic E-state index is 13.0. The Bertz CT molecular complexity index is 1120. The van der Waals surface area contributed by atoms with E-state index in [1.54, 1.807) is 0 Å². The van der Waals surface area contributed by atoms with Gasteiger partial charge < -0.3 is 25.4 Å². The van der Waals surface area contributed by atoms with Crippen molar-refractivity contribution in [2.24, 2.45) is 5.73 Å². The zero-order valence-corrected chi connectivity index (χ0v) is 21.2. The maximum Gasteiger partial charge on any atom is 0.256 e. The molecule has 0 fully saturated rings. The molecule has 0 spiro atoms. The molecule has 0 saturated carbocycles. The van der Waals surface area contributed by atoms with Crippen molar-refractivity contribution in [2.75, 3.05) is 59.4 Å². The normalized spacial score (nSPS) is 15.8. The largest absolute Gasteiger partial charge is 0.383 e. The summed E-state index contributed by atoms with van der Waals surface area (Å²) in [6.07, 6.45) is 0.723. The van der Waals surface area contributed by atoms with Crippen molar-refractivity contribution in [2.45, 2.75) is 17.9 Å². The summed E-state index contributed by atoms with van der Waals surface area (Å²) in [7, 11) is 1.29. The van der Waals surface area contributed by atoms with Gasteiger partial charge in [0.25, 0.3) is 11.8 Å². The van der Waals surface area contributed by atoms with Gasteiger partial charge in [0.1, 0.15) is 11.5 Å². The third-order valence-electron chi connectivity index (χ3n) is 5.67. The van der Waals surface area contributed by atoms with Gasteiger partial charge in [0.05, 0.1) is 42.1 Å². The number of carbonyl (C=O) groups excluding carboxylic acids is 2. The summed E-state index contributed by atoms with van der Waals surface area (Å²) in [6.45, 7) is 2.51. The van der Waals surface area contributed by atoms with Crippen molar-refractivity contribution in [3.05, 3.63) is 45.8 Å². The summed E-state index contributed by atoms with van der Waals surface area (Å²) < 4.78 is 37.4. The summed E-state index contributed by atoms with van der Waals surface area (Å²) in [5.74, 6) is -1.01. The first-order chi connectivity index (χ1) is 16.2. The van der Waals surface area contributed by atoms with E-state index in [0.717, 1.165) is 30.0 Å². The van der Waals surface area contributed by atoms with Crippen molar-refractivity contribution in [3.8, 4) is 0 Å². The van der Waals surface area contributed by atoms with Crippen LogP contribution < -0.4 is 16.0 Å². The van der Waals surface area contributed by atoms with Gasteiger partial charge >= 0.3 is 0 Å². The Morgan fingerprint density at radius 1 is 1.15 bits per heavy atom. The second-order valence-corrected chi connectivity index (χ2v) is 11.1. The molecule has 4 N–H and O–H groups in total. The minimum absolute atomic E-state index is 0.0617. The smallest absolute Gasteiger partial charge is 0.256 e. The number of methoxy groups -OCH3 is 2. The van der Waals surface area contributed by atoms with Gasteiger partial charge in [0.2, 0.25) is 10.0 Å². The number of likely N-dealkylation sites (N-methyl/N-ethyl adjacent to an activating group) is 1. The lowest BCUT2D eigenvalue weighted by molar-refractivity contribution is -0.895. The SMILES string of the molecule is COCCN(CCOC)S(=O)(=O)c1ccc(C(=O)Nc2sc3c(c2C(N)=O)CC[NH+](C)C3)cc1. The molecule has 0 aliphatic carbocycles. The van der Waals surface area contributed by atoms with Gasteiger partial charge in [-0.05, 0) is 29.8 Å². The lowest BCUT2D eigenvalue weighted by Crippen LogP contribution is -3.08. The van der Waals surface area contributed by atoms with Gasteiger partial charge in [-0.25, -0.2) is 8.42 Å². The van der Waals surface area contributed by atoms with E-state index < -0.39 is 21.8 Å². The number of hydrogen-bond acceptors (Lipinski definition) is 7. The molecule has 1 aliphatic heterocycles. The van der Waals surface area contributed by atoms with Gasteiger partial charge in [-0.1, -0.05) is 0 Å². The molecule has 1 atom stereocenters. The molecule has 1 aliphatic rings. The Morgan fingerprint density at radius 3 is 2.32 bits per heavy atom. The highest BCUT2D eigenvalue weighted by Crippen LogP contribution is 2.34. The Morgan fingerprint density at radius 2 is 1.76 bits per heavy atom. The van der Waals surface area contributed by atoms with Gasteiger partial charge in [0.15, 0.2) is 0 Å². The average molecular weight is 512 g/mol. The van der Waals surface area contributed by atoms with Crippen LogP contribution in [-0.4, -0.2) is 78.7 Å². The van der Waals surface area contributed by atoms with Crippen LogP contribution in [0.25, 0.3) is 0 Å². The number of hydrogen-bond donors (Lipinski definition) is 3. The number of sulfonamides is 1. The van der Waals surface area contributed by atoms with Crippen molar-refractivity contribution in [1.82, 2.24) is 4.31 Å². The predicted octanol–water partition coefficient (Wildman–Crippen LogP) is -0.0464. The molecule has 3 rings (SSSR count). The number of benzene rings is 1. The quantitative estimate of drug-likeness (QED) is 0.388. The second-order valence-electron chi connectivity index (χ2n) is 8.07. The third kappa shape index (κ3) is 5.82. The zero-order valence-electron chi connectivity index (χ0n) is 19.5. The molecule has 10 nitrogen and oxygen atoms in total. The molecule has 12 heteroatoms. The van der Waals surface area contributed by atoms with Gasteiger partial charge in [-0.3, -0.25) is 9.59 Å². The second kappa shape index (κ2) is 11.4. The Labute approximate surface area is 203 Å². The Balaban J connectivity index is 1.80. The highest BCUT2D eigenvalue weighted by Gasteiger charge is 2.29. The number of carbonyl (C=O) groups is 2. The summed E-state index contributed by atoms with van der Waals surface area (Å²) in [5, 5.41) is 3.22. The molecular weight excluding hydrogens is 480 g/mol. The van der Waals surface area contributed by atoms with Crippen LogP contribution in [-0.2, 0) is 32.5 Å². The lowest BCUT2D eigenvalue weighted by Gasteiger charge is -2.21. The molecule has 0 bridgehead atoms. The number of rotatable bonds is 11. The number of anilines is 1. The number of thiophene rings is 1. The van der Waals surface area contributed by atoms with Crippen LogP contribution in [0, 0.1) is 0 Å². The number of amides is 2. The molecule has 1 aromatic carbocycles. The molecule has 34 heavy (non-hydrogen) atoms. The molecule has 186 valence electrons. The molecule has 2 aromatic rings. The standard InChI is InChI=1S/C22H30N4O6S2/c1-25-9-8-17-18(14-25)33-22(19(17)20(23)27)24-21(28)15-4-6-16(7-5-15)34(29,30)26(10-12-31-2)11-13-32-3/h4-7H,8-14H2,1-3H3,(H2,23,27)(H,24,28)/p+1. The van der Waals surface area contributed by atoms with Crippen LogP contribution in [0.15, 0.2) is 29.2 Å². The minimum Gasteiger partial charge on any atom is -0.383 e. The van der Waals surface area contributed by atoms with Crippen LogP contribution in [0.5, 0.6) is 0 Å². The molecule has 1 unspecified atom stereocenters. The van der Waals surface area contributed by atoms with Crippen LogP contribution >= 0.6 is 11.3 Å². The molecule has 0 radical (unpaired) electrons. The van der Waals surface area contributed by atoms with Gasteiger partial charge in [-0.15, -0.1) is 11.3 Å². The van der Waals surface area contributed by atoms with Gasteiger partial charge in [-0.2, -0.15) is 4.31 Å². The fourth-order valence-corrected chi connectivity index (χ4v) is 6.58. The number of nitrogens with zero attached hydrogens (tertiary/aromatic N) is 1. The molecule has 1 aromatic heterocycles. The van der Waals surface area contributed by atoms with E-state index in [9.17, 15) is 18.0 Å². The van der Waals surface area contributed by atoms with Crippen LogP contribution in [0.4, 0.5) is 5.00 Å². The maximum absolute atomic E-state index is 13.0. The third-order valence-corrected chi connectivity index (χ3v) is 8.73. The van der Waals surface area contributed by atoms with Crippen LogP contribution in [0.2, 0.25) is 0 Å². The number of nitrogens with two attached hydrogens (primary N) is 1. The summed E-state index contributed by atoms with van der Waals surface area (Å²) in [6, 6.07) is 5.68. The average Bonchev–Trinajstić information content (AvgIpc) is 3.16. The van der Waals surface area contributed by atoms with Crippen LogP contribution in [0.3, 0.4) is 0 Å². The number of quaternary nitrogens is 1. The fourth-order valence-electron chi connectivity index (χ4n) is 3.81. The topological polar surface area (TPSA) is 132 Å². The first-order valence-corrected chi connectivity index (χ1v) is 13.1. The summed E-state index contributed by atoms with van der Waals surface area (Å²) in [4.78, 5) is 27.4. The highest BCUT2D eigenvalue weighted by atomic mass is 32.2. The van der Waals surface area contributed by atoms with E-state index in [1.165, 1.54) is 59.0 Å². The monoisotopic (exact) mass is 511 g/mol. The van der Waals surface area contributed by atoms with E-state index in [2.05, 4.69) is 12.4 Å². The van der Waals surface area contributed by atoms with Crippen molar-refractivity contribution in [1.29, 1.82) is 0 Å². The summed E-state index contributed by atoms with van der Waals surface area (Å²) >= 11 is 1.36. The van der Waals surface area contributed by atoms with Crippen molar-refractivity contribution >= 4 is 38.2 Å². The number of nitrogens with one attached hydrogen (secondary N) is 2. The molecular formula is C22H31N4O6S2+. The minimum atomic E-state index is -3.79. The zero-order chi connectivity index (χ0) is 24.9. The lowest BCUT2D eigenvalue weighted by atomic mass is 10.0. The first kappa shape index (κ1) is 26.3. The van der Waals surface area contributed by atoms with Crippen molar-refractivity contribution in [3.63, 3.8) is 0 Å². The molecule has 2 heterocycles. The molecule has 2 amide bonds. The van der Waals surface area contributed by atoms with Crippen molar-refractivity contribution < 1.29 is 32.4 Å². The van der Waals surface area contributed by atoms with E-state index in [1.807, 2.05) is 0 Å². The van der Waals surface area contributed by atoms with Gasteiger partial charge in [0, 0.05) is 39.3 Å². The van der Waals surface area contributed by atoms with E-state index in [4.69, 9.17) is 15.2 Å². The van der Waals surface area contributed by atoms with Crippen LogP contribution in [0.1, 0.15) is 31.2 Å². The Kier molecular flexibility index (Phi) is 8.79. The summed E-state index contributed by atoms with van der Waals surface area (Å²) in [5.41, 5.74) is 7.16. The van der Waals surface area contributed by atoms with E-state index in [0.29, 0.717) is 10.6 Å². The van der Waals surface area contributed by atoms with E-state index >= 15 is 0 Å². The number of primary amides is 1. The molecule has 0 saturated heterocycles. The Hall–Kier alpha value is -2.35.